The van der Waals surface area contributed by atoms with E-state index in [9.17, 15) is 0 Å². The van der Waals surface area contributed by atoms with E-state index in [1.54, 1.807) is 0 Å². The van der Waals surface area contributed by atoms with Gasteiger partial charge in [-0.15, -0.1) is 0 Å². The molecule has 7 heteroatoms. The predicted molar refractivity (Wildman–Crippen MR) is 144 cm³/mol. The van der Waals surface area contributed by atoms with E-state index in [0.29, 0.717) is 10.8 Å². The summed E-state index contributed by atoms with van der Waals surface area (Å²) < 4.78 is 16.8. The van der Waals surface area contributed by atoms with Crippen LogP contribution in [0.2, 0.25) is 0 Å². The monoisotopic (exact) mass is 600 g/mol. The molecule has 0 aliphatic heterocycles. The maximum absolute atomic E-state index is 8.80. The van der Waals surface area contributed by atoms with E-state index in [1.807, 2.05) is 76.2 Å². The van der Waals surface area contributed by atoms with Crippen molar-refractivity contribution in [3.05, 3.63) is 99.1 Å². The molecule has 3 aromatic carbocycles. The molecule has 184 valence electrons. The van der Waals surface area contributed by atoms with Gasteiger partial charge in [-0.3, -0.25) is 0 Å². The van der Waals surface area contributed by atoms with Crippen LogP contribution in [0.5, 0.6) is 11.5 Å². The Balaban J connectivity index is 1.91. The van der Waals surface area contributed by atoms with Crippen LogP contribution in [0.15, 0.2) is 76.9 Å². The maximum atomic E-state index is 8.80. The van der Waals surface area contributed by atoms with Gasteiger partial charge in [-0.05, 0) is 13.8 Å². The van der Waals surface area contributed by atoms with E-state index in [1.165, 1.54) is 0 Å². The second kappa shape index (κ2) is 12.7. The first-order valence-corrected chi connectivity index (χ1v) is 14.1. The fourth-order valence-electron chi connectivity index (χ4n) is 3.39. The van der Waals surface area contributed by atoms with Crippen LogP contribution in [-0.4, -0.2) is 23.0 Å². The molecule has 0 atom stereocenters. The summed E-state index contributed by atoms with van der Waals surface area (Å²) >= 11 is 4.40. The fourth-order valence-corrected chi connectivity index (χ4v) is 5.19. The van der Waals surface area contributed by atoms with Gasteiger partial charge >= 0.3 is 211 Å². The van der Waals surface area contributed by atoms with Crippen molar-refractivity contribution in [2.24, 2.45) is 5.73 Å². The Labute approximate surface area is 223 Å². The van der Waals surface area contributed by atoms with E-state index >= 15 is 0 Å². The third-order valence-electron chi connectivity index (χ3n) is 4.83. The molecule has 0 aromatic heterocycles. The topological polar surface area (TPSA) is 80.4 Å². The molecule has 0 radical (unpaired) electrons. The van der Waals surface area contributed by atoms with Gasteiger partial charge in [0.2, 0.25) is 0 Å². The van der Waals surface area contributed by atoms with Crippen LogP contribution in [0.4, 0.5) is 0 Å². The number of ether oxygens (including phenoxy) is 2. The Morgan fingerprint density at radius 3 is 1.86 bits per heavy atom. The van der Waals surface area contributed by atoms with Crippen molar-refractivity contribution in [1.82, 2.24) is 3.53 Å². The first kappa shape index (κ1) is 26.7. The summed E-state index contributed by atoms with van der Waals surface area (Å²) in [4.78, 5) is 0. The van der Waals surface area contributed by atoms with Gasteiger partial charge in [0.25, 0.3) is 0 Å². The van der Waals surface area contributed by atoms with Crippen molar-refractivity contribution < 1.29 is 31.0 Å². The van der Waals surface area contributed by atoms with Crippen LogP contribution in [0.1, 0.15) is 49.9 Å². The molecular weight excluding hydrogens is 569 g/mol. The van der Waals surface area contributed by atoms with Gasteiger partial charge in [0.15, 0.2) is 0 Å². The Bertz CT molecular complexity index is 1190. The third kappa shape index (κ3) is 8.07. The zero-order valence-electron chi connectivity index (χ0n) is 20.3. The number of hydrogen-bond acceptors (Lipinski definition) is 4. The van der Waals surface area contributed by atoms with Crippen molar-refractivity contribution in [2.75, 3.05) is 0 Å². The molecule has 0 saturated carbocycles. The Kier molecular flexibility index (Phi) is 9.68. The molecule has 4 N–H and O–H groups in total. The second-order valence-corrected chi connectivity index (χ2v) is 10.7. The van der Waals surface area contributed by atoms with Crippen molar-refractivity contribution in [3.63, 3.8) is 0 Å². The van der Waals surface area contributed by atoms with E-state index < -0.39 is 21.5 Å². The number of halogens is 1. The third-order valence-corrected chi connectivity index (χ3v) is 7.12. The summed E-state index contributed by atoms with van der Waals surface area (Å²) in [7, 11) is 0. The Hall–Kier alpha value is -2.91. The van der Waals surface area contributed by atoms with Crippen LogP contribution >= 0.6 is 12.2 Å². The molecule has 0 heterocycles. The predicted octanol–water partition coefficient (Wildman–Crippen LogP) is 2.90. The molecule has 35 heavy (non-hydrogen) atoms. The first-order chi connectivity index (χ1) is 16.7. The summed E-state index contributed by atoms with van der Waals surface area (Å²) in [5, 5.41) is 9.10. The summed E-state index contributed by atoms with van der Waals surface area (Å²) in [5.41, 5.74) is 10.9. The second-order valence-electron chi connectivity index (χ2n) is 8.43. The first-order valence-electron chi connectivity index (χ1n) is 11.3. The minimum atomic E-state index is -0.588. The molecule has 0 aliphatic carbocycles. The average molecular weight is 601 g/mol. The molecule has 0 bridgehead atoms. The van der Waals surface area contributed by atoms with Gasteiger partial charge < -0.3 is 0 Å². The van der Waals surface area contributed by atoms with Crippen molar-refractivity contribution >= 4 is 28.6 Å². The summed E-state index contributed by atoms with van der Waals surface area (Å²) in [6.07, 6.45) is 0.226. The number of thiocarbonyl (C=S) groups is 1. The van der Waals surface area contributed by atoms with Gasteiger partial charge in [0.1, 0.15) is 0 Å². The molecule has 0 aliphatic rings. The van der Waals surface area contributed by atoms with Crippen LogP contribution < -0.4 is 40.2 Å². The van der Waals surface area contributed by atoms with Gasteiger partial charge in [-0.25, -0.2) is 0 Å². The normalized spacial score (nSPS) is 11.5. The molecule has 3 rings (SSSR count). The Morgan fingerprint density at radius 2 is 1.34 bits per heavy atom. The molecule has 0 unspecified atom stereocenters. The average Bonchev–Trinajstić information content (AvgIpc) is 2.82. The van der Waals surface area contributed by atoms with E-state index in [0.717, 1.165) is 39.3 Å². The van der Waals surface area contributed by atoms with Gasteiger partial charge in [-0.2, -0.15) is 0 Å². The van der Waals surface area contributed by atoms with E-state index in [4.69, 9.17) is 32.8 Å². The van der Waals surface area contributed by atoms with Crippen LogP contribution in [0.25, 0.3) is 5.57 Å². The van der Waals surface area contributed by atoms with Crippen LogP contribution in [-0.2, 0) is 0 Å². The van der Waals surface area contributed by atoms with Crippen LogP contribution in [0, 0.1) is 5.41 Å². The number of nitrogens with one attached hydrogen (secondary N) is 2. The minimum absolute atomic E-state index is 0.110. The molecular formula is C28H31IN3O2S-. The van der Waals surface area contributed by atoms with Gasteiger partial charge in [-0.1, -0.05) is 0 Å². The fraction of sp³-hybridized carbons (Fsp3) is 0.214. The number of hydrogen-bond donors (Lipinski definition) is 3. The molecule has 0 fully saturated rings. The molecule has 0 spiro atoms. The molecule has 0 amide bonds. The van der Waals surface area contributed by atoms with Crippen molar-refractivity contribution in [3.8, 4) is 11.5 Å². The SMILES string of the molecule is CC(C)Oc1ccc(C(=N)c2cccc(/C(=C\[I-]NC(N)=S)c3ccc(OC(C)C)cc3)c2)cc1. The number of benzene rings is 3. The molecule has 0 saturated heterocycles. The van der Waals surface area contributed by atoms with Crippen molar-refractivity contribution in [2.45, 2.75) is 39.9 Å². The molecule has 5 nitrogen and oxygen atoms in total. The van der Waals surface area contributed by atoms with Gasteiger partial charge in [0.05, 0.1) is 0 Å². The quantitative estimate of drug-likeness (QED) is 0.144. The van der Waals surface area contributed by atoms with Crippen LogP contribution in [0.3, 0.4) is 0 Å². The number of nitrogens with two attached hydrogens (primary N) is 1. The van der Waals surface area contributed by atoms with Crippen molar-refractivity contribution in [1.29, 1.82) is 5.41 Å². The zero-order chi connectivity index (χ0) is 25.4. The van der Waals surface area contributed by atoms with E-state index in [-0.39, 0.29) is 12.2 Å². The Morgan fingerprint density at radius 1 is 0.829 bits per heavy atom. The standard InChI is InChI=1S/C28H31IN3O2S/c1-18(2)33-24-12-8-20(9-13-24)26(17-29-32-28(31)35)22-6-5-7-23(16-22)27(30)21-10-14-25(15-11-21)34-19(3)4/h5-19,30H,1-4H3,(H3,31,32,35)/q-1/b26-17-,30-27?. The van der Waals surface area contributed by atoms with E-state index in [2.05, 4.69) is 31.9 Å². The molecule has 3 aromatic rings. The summed E-state index contributed by atoms with van der Waals surface area (Å²) in [6, 6.07) is 23.8. The summed E-state index contributed by atoms with van der Waals surface area (Å²) in [5.74, 6) is 1.63. The van der Waals surface area contributed by atoms with Gasteiger partial charge in [0, 0.05) is 0 Å². The summed E-state index contributed by atoms with van der Waals surface area (Å²) in [6.45, 7) is 8.01. The zero-order valence-corrected chi connectivity index (χ0v) is 23.3. The number of rotatable bonds is 10.